The zero-order valence-electron chi connectivity index (χ0n) is 15.1. The van der Waals surface area contributed by atoms with Crippen LogP contribution >= 0.6 is 0 Å². The smallest absolute Gasteiger partial charge is 0.412 e. The molecule has 4 fully saturated rings. The summed E-state index contributed by atoms with van der Waals surface area (Å²) in [7, 11) is 0. The first-order chi connectivity index (χ1) is 11.3. The molecule has 1 aromatic carbocycles. The lowest BCUT2D eigenvalue weighted by Crippen LogP contribution is -2.53. The van der Waals surface area contributed by atoms with Crippen LogP contribution in [0.15, 0.2) is 24.3 Å². The predicted octanol–water partition coefficient (Wildman–Crippen LogP) is 5.50. The van der Waals surface area contributed by atoms with Gasteiger partial charge < -0.3 is 4.74 Å². The number of rotatable bonds is 2. The quantitative estimate of drug-likeness (QED) is 0.778. The van der Waals surface area contributed by atoms with Crippen molar-refractivity contribution in [1.82, 2.24) is 0 Å². The Balaban J connectivity index is 1.40. The van der Waals surface area contributed by atoms with Crippen LogP contribution in [0.3, 0.4) is 0 Å². The molecule has 0 spiro atoms. The van der Waals surface area contributed by atoms with E-state index in [1.807, 2.05) is 12.1 Å². The number of hydrogen-bond acceptors (Lipinski definition) is 2. The molecule has 1 aromatic rings. The van der Waals surface area contributed by atoms with E-state index < -0.39 is 0 Å². The molecule has 24 heavy (non-hydrogen) atoms. The summed E-state index contributed by atoms with van der Waals surface area (Å²) < 4.78 is 6.00. The lowest BCUT2D eigenvalue weighted by molar-refractivity contribution is -0.124. The van der Waals surface area contributed by atoms with Crippen LogP contribution in [0.1, 0.15) is 64.9 Å². The Hall–Kier alpha value is -1.51. The van der Waals surface area contributed by atoms with Gasteiger partial charge in [-0.05, 0) is 79.4 Å². The van der Waals surface area contributed by atoms with Gasteiger partial charge >= 0.3 is 6.09 Å². The maximum Gasteiger partial charge on any atom is 0.412 e. The van der Waals surface area contributed by atoms with Crippen molar-refractivity contribution in [1.29, 1.82) is 0 Å². The number of nitrogens with one attached hydrogen (secondary N) is 1. The number of carbonyl (C=O) groups is 1. The van der Waals surface area contributed by atoms with Crippen LogP contribution in [-0.4, -0.2) is 11.7 Å². The van der Waals surface area contributed by atoms with Gasteiger partial charge in [0.2, 0.25) is 0 Å². The van der Waals surface area contributed by atoms with Crippen LogP contribution in [0.25, 0.3) is 0 Å². The fourth-order valence-electron chi connectivity index (χ4n) is 5.55. The highest BCUT2D eigenvalue weighted by Gasteiger charge is 2.53. The Labute approximate surface area is 145 Å². The van der Waals surface area contributed by atoms with E-state index in [1.54, 1.807) is 0 Å². The van der Waals surface area contributed by atoms with E-state index in [0.717, 1.165) is 42.7 Å². The Morgan fingerprint density at radius 3 is 1.96 bits per heavy atom. The first-order valence-electron chi connectivity index (χ1n) is 9.42. The van der Waals surface area contributed by atoms with Crippen molar-refractivity contribution in [2.24, 2.45) is 17.8 Å². The summed E-state index contributed by atoms with van der Waals surface area (Å²) in [4.78, 5) is 12.4. The maximum atomic E-state index is 12.4. The summed E-state index contributed by atoms with van der Waals surface area (Å²) in [5, 5.41) is 2.93. The van der Waals surface area contributed by atoms with Gasteiger partial charge in [-0.3, -0.25) is 5.32 Å². The van der Waals surface area contributed by atoms with E-state index in [-0.39, 0.29) is 17.1 Å². The molecule has 0 aromatic heterocycles. The highest BCUT2D eigenvalue weighted by Crippen LogP contribution is 2.57. The van der Waals surface area contributed by atoms with Crippen molar-refractivity contribution >= 4 is 11.8 Å². The summed E-state index contributed by atoms with van der Waals surface area (Å²) in [5.41, 5.74) is 2.03. The van der Waals surface area contributed by atoms with Crippen molar-refractivity contribution in [2.45, 2.75) is 70.3 Å². The molecule has 0 unspecified atom stereocenters. The van der Waals surface area contributed by atoms with Gasteiger partial charge in [-0.2, -0.15) is 0 Å². The predicted molar refractivity (Wildman–Crippen MR) is 96.1 cm³/mol. The third-order valence-electron chi connectivity index (χ3n) is 6.29. The number of ether oxygens (including phenoxy) is 1. The van der Waals surface area contributed by atoms with Crippen molar-refractivity contribution in [3.63, 3.8) is 0 Å². The first-order valence-corrected chi connectivity index (χ1v) is 9.42. The van der Waals surface area contributed by atoms with E-state index in [0.29, 0.717) is 0 Å². The fraction of sp³-hybridized carbons (Fsp3) is 0.667. The topological polar surface area (TPSA) is 38.3 Å². The van der Waals surface area contributed by atoms with Gasteiger partial charge in [-0.25, -0.2) is 4.79 Å². The van der Waals surface area contributed by atoms with Crippen molar-refractivity contribution < 1.29 is 9.53 Å². The minimum Gasteiger partial charge on any atom is -0.443 e. The molecule has 0 aliphatic heterocycles. The molecule has 1 amide bonds. The van der Waals surface area contributed by atoms with Gasteiger partial charge in [0.1, 0.15) is 5.60 Å². The van der Waals surface area contributed by atoms with Gasteiger partial charge in [0.15, 0.2) is 0 Å². The van der Waals surface area contributed by atoms with Crippen LogP contribution in [0.2, 0.25) is 0 Å². The summed E-state index contributed by atoms with van der Waals surface area (Å²) in [6.45, 7) is 6.57. The van der Waals surface area contributed by atoms with Gasteiger partial charge in [-0.15, -0.1) is 0 Å². The van der Waals surface area contributed by atoms with E-state index in [2.05, 4.69) is 38.2 Å². The van der Waals surface area contributed by atoms with Crippen LogP contribution in [0, 0.1) is 17.8 Å². The molecule has 130 valence electrons. The van der Waals surface area contributed by atoms with Crippen LogP contribution in [-0.2, 0) is 10.2 Å². The van der Waals surface area contributed by atoms with Gasteiger partial charge in [0, 0.05) is 5.69 Å². The molecule has 4 saturated carbocycles. The molecule has 3 nitrogen and oxygen atoms in total. The zero-order valence-corrected chi connectivity index (χ0v) is 15.1. The minimum absolute atomic E-state index is 0.123. The third-order valence-corrected chi connectivity index (χ3v) is 6.29. The van der Waals surface area contributed by atoms with E-state index in [1.165, 1.54) is 24.8 Å². The molecule has 0 radical (unpaired) electrons. The van der Waals surface area contributed by atoms with E-state index >= 15 is 0 Å². The van der Waals surface area contributed by atoms with Gasteiger partial charge in [0.25, 0.3) is 0 Å². The number of hydrogen-bond donors (Lipinski definition) is 1. The highest BCUT2D eigenvalue weighted by atomic mass is 16.6. The Morgan fingerprint density at radius 2 is 1.50 bits per heavy atom. The summed E-state index contributed by atoms with van der Waals surface area (Å²) >= 11 is 0. The van der Waals surface area contributed by atoms with Crippen LogP contribution in [0.5, 0.6) is 0 Å². The number of amides is 1. The fourth-order valence-corrected chi connectivity index (χ4v) is 5.55. The molecule has 3 heteroatoms. The largest absolute Gasteiger partial charge is 0.443 e. The van der Waals surface area contributed by atoms with Crippen LogP contribution < -0.4 is 5.32 Å². The molecule has 4 bridgehead atoms. The van der Waals surface area contributed by atoms with Crippen molar-refractivity contribution in [3.8, 4) is 0 Å². The lowest BCUT2D eigenvalue weighted by atomic mass is 9.54. The summed E-state index contributed by atoms with van der Waals surface area (Å²) in [5.74, 6) is 2.36. The Morgan fingerprint density at radius 1 is 1.00 bits per heavy atom. The van der Waals surface area contributed by atoms with Gasteiger partial charge in [-0.1, -0.05) is 32.9 Å². The van der Waals surface area contributed by atoms with Crippen LogP contribution in [0.4, 0.5) is 10.5 Å². The summed E-state index contributed by atoms with van der Waals surface area (Å²) in [6, 6.07) is 8.11. The number of anilines is 1. The molecule has 1 N–H and O–H groups in total. The first kappa shape index (κ1) is 16.0. The Bertz CT molecular complexity index is 591. The number of benzene rings is 1. The molecule has 0 saturated heterocycles. The monoisotopic (exact) mass is 327 g/mol. The summed E-state index contributed by atoms with van der Waals surface area (Å²) in [6.07, 6.45) is 7.04. The van der Waals surface area contributed by atoms with E-state index in [9.17, 15) is 4.79 Å². The zero-order chi connectivity index (χ0) is 16.9. The molecular weight excluding hydrogens is 298 g/mol. The second kappa shape index (κ2) is 5.50. The lowest BCUT2D eigenvalue weighted by Gasteiger charge is -2.55. The third kappa shape index (κ3) is 3.05. The second-order valence-corrected chi connectivity index (χ2v) is 9.44. The molecule has 0 heterocycles. The number of carbonyl (C=O) groups excluding carboxylic acids is 1. The van der Waals surface area contributed by atoms with E-state index in [4.69, 9.17) is 4.74 Å². The van der Waals surface area contributed by atoms with Crippen molar-refractivity contribution in [2.75, 3.05) is 5.32 Å². The minimum atomic E-state index is -0.277. The van der Waals surface area contributed by atoms with Crippen molar-refractivity contribution in [3.05, 3.63) is 29.8 Å². The average Bonchev–Trinajstić information content (AvgIpc) is 2.44. The van der Waals surface area contributed by atoms with Gasteiger partial charge in [0.05, 0.1) is 0 Å². The SMILES string of the molecule is CC(C)(C)c1ccc(NC(=O)OC23CC4CC(CC(C4)C2)C3)cc1. The normalized spacial score (nSPS) is 34.2. The standard InChI is InChI=1S/C21H29NO2/c1-20(2,3)17-4-6-18(7-5-17)22-19(23)24-21-11-14-8-15(12-21)10-16(9-14)13-21/h4-7,14-16H,8-13H2,1-3H3,(H,22,23). The highest BCUT2D eigenvalue weighted by molar-refractivity contribution is 5.84. The molecule has 0 atom stereocenters. The second-order valence-electron chi connectivity index (χ2n) is 9.44. The maximum absolute atomic E-state index is 12.4. The molecule has 5 rings (SSSR count). The molecular formula is C21H29NO2. The molecule has 4 aliphatic carbocycles. The Kier molecular flexibility index (Phi) is 3.67. The molecule has 4 aliphatic rings. The average molecular weight is 327 g/mol.